The average Bonchev–Trinajstić information content (AvgIpc) is 2.47. The fourth-order valence-electron chi connectivity index (χ4n) is 1.70. The molecule has 0 unspecified atom stereocenters. The van der Waals surface area contributed by atoms with Crippen LogP contribution in [0.2, 0.25) is 0 Å². The quantitative estimate of drug-likeness (QED) is 0.756. The van der Waals surface area contributed by atoms with Gasteiger partial charge in [0.1, 0.15) is 5.82 Å². The van der Waals surface area contributed by atoms with Crippen LogP contribution in [0.25, 0.3) is 0 Å². The highest BCUT2D eigenvalue weighted by Gasteiger charge is 2.11. The van der Waals surface area contributed by atoms with Crippen LogP contribution in [-0.2, 0) is 11.9 Å². The van der Waals surface area contributed by atoms with Crippen molar-refractivity contribution in [3.63, 3.8) is 0 Å². The number of benzene rings is 2. The van der Waals surface area contributed by atoms with Crippen molar-refractivity contribution in [2.45, 2.75) is 11.9 Å². The molecule has 104 valence electrons. The summed E-state index contributed by atoms with van der Waals surface area (Å²) in [7, 11) is 0. The number of halogens is 3. The number of carbonyl (C=O) groups excluding carboxylic acids is 1. The monoisotopic (exact) mass is 399 g/mol. The molecular weight excluding hydrogens is 389 g/mol. The summed E-state index contributed by atoms with van der Waals surface area (Å²) in [5.41, 5.74) is 2.17. The largest absolute Gasteiger partial charge is 0.348 e. The molecule has 0 saturated carbocycles. The van der Waals surface area contributed by atoms with Crippen LogP contribution < -0.4 is 5.32 Å². The van der Waals surface area contributed by atoms with Crippen molar-refractivity contribution < 1.29 is 9.18 Å². The van der Waals surface area contributed by atoms with E-state index in [2.05, 4.69) is 37.2 Å². The minimum Gasteiger partial charge on any atom is -0.348 e. The Morgan fingerprint density at radius 2 is 1.75 bits per heavy atom. The zero-order valence-electron chi connectivity index (χ0n) is 10.5. The molecule has 2 aromatic carbocycles. The molecule has 1 N–H and O–H groups in total. The summed E-state index contributed by atoms with van der Waals surface area (Å²) in [6.07, 6.45) is 0. The molecule has 2 rings (SSSR count). The van der Waals surface area contributed by atoms with Gasteiger partial charge in [-0.05, 0) is 29.3 Å². The fourth-order valence-corrected chi connectivity index (χ4v) is 2.43. The number of rotatable bonds is 4. The number of amides is 1. The second kappa shape index (κ2) is 6.99. The molecule has 0 saturated heterocycles. The Morgan fingerprint density at radius 1 is 1.10 bits per heavy atom. The summed E-state index contributed by atoms with van der Waals surface area (Å²) in [6, 6.07) is 12.1. The van der Waals surface area contributed by atoms with E-state index in [4.69, 9.17) is 0 Å². The first-order chi connectivity index (χ1) is 9.60. The normalized spacial score (nSPS) is 10.3. The predicted molar refractivity (Wildman–Crippen MR) is 84.3 cm³/mol. The molecule has 0 aliphatic heterocycles. The molecule has 2 aromatic rings. The van der Waals surface area contributed by atoms with Gasteiger partial charge in [-0.1, -0.05) is 56.1 Å². The molecule has 5 heteroatoms. The van der Waals surface area contributed by atoms with E-state index in [9.17, 15) is 9.18 Å². The minimum absolute atomic E-state index is 0.0384. The number of alkyl halides is 1. The van der Waals surface area contributed by atoms with Crippen molar-refractivity contribution in [2.24, 2.45) is 0 Å². The van der Waals surface area contributed by atoms with Gasteiger partial charge in [-0.15, -0.1) is 0 Å². The Morgan fingerprint density at radius 3 is 2.40 bits per heavy atom. The number of nitrogens with one attached hydrogen (secondary N) is 1. The topological polar surface area (TPSA) is 29.1 Å². The molecule has 0 bridgehead atoms. The highest BCUT2D eigenvalue weighted by molar-refractivity contribution is 9.10. The van der Waals surface area contributed by atoms with Crippen molar-refractivity contribution in [3.05, 3.63) is 69.4 Å². The summed E-state index contributed by atoms with van der Waals surface area (Å²) in [6.45, 7) is 0.368. The van der Waals surface area contributed by atoms with E-state index >= 15 is 0 Å². The van der Waals surface area contributed by atoms with E-state index in [-0.39, 0.29) is 5.56 Å². The predicted octanol–water partition coefficient (Wildman–Crippen LogP) is 4.41. The summed E-state index contributed by atoms with van der Waals surface area (Å²) in [4.78, 5) is 11.9. The Labute approximate surface area is 133 Å². The van der Waals surface area contributed by atoms with E-state index < -0.39 is 11.7 Å². The Kier molecular flexibility index (Phi) is 5.31. The fraction of sp³-hybridized carbons (Fsp3) is 0.133. The van der Waals surface area contributed by atoms with Crippen LogP contribution >= 0.6 is 31.9 Å². The first-order valence-electron chi connectivity index (χ1n) is 5.97. The van der Waals surface area contributed by atoms with Gasteiger partial charge in [0.15, 0.2) is 0 Å². The lowest BCUT2D eigenvalue weighted by Crippen LogP contribution is -2.23. The van der Waals surface area contributed by atoms with Gasteiger partial charge < -0.3 is 5.32 Å². The van der Waals surface area contributed by atoms with Crippen molar-refractivity contribution >= 4 is 37.8 Å². The Hall–Kier alpha value is -1.20. The molecule has 0 aliphatic carbocycles. The Balaban J connectivity index is 2.02. The maximum absolute atomic E-state index is 13.6. The molecule has 0 aromatic heterocycles. The zero-order chi connectivity index (χ0) is 14.5. The summed E-state index contributed by atoms with van der Waals surface area (Å²) < 4.78 is 14.2. The average molecular weight is 401 g/mol. The van der Waals surface area contributed by atoms with Crippen LogP contribution in [0.5, 0.6) is 0 Å². The van der Waals surface area contributed by atoms with E-state index in [1.807, 2.05) is 24.3 Å². The lowest BCUT2D eigenvalue weighted by molar-refractivity contribution is 0.0947. The van der Waals surface area contributed by atoms with Gasteiger partial charge in [-0.3, -0.25) is 4.79 Å². The summed E-state index contributed by atoms with van der Waals surface area (Å²) in [5, 5.41) is 3.50. The van der Waals surface area contributed by atoms with Gasteiger partial charge >= 0.3 is 0 Å². The first kappa shape index (κ1) is 15.2. The molecule has 0 radical (unpaired) electrons. The van der Waals surface area contributed by atoms with Crippen LogP contribution in [0, 0.1) is 5.82 Å². The second-order valence-electron chi connectivity index (χ2n) is 4.26. The van der Waals surface area contributed by atoms with Crippen LogP contribution in [0.15, 0.2) is 46.9 Å². The molecule has 0 aliphatic rings. The second-order valence-corrected chi connectivity index (χ2v) is 5.73. The van der Waals surface area contributed by atoms with E-state index in [1.165, 1.54) is 12.1 Å². The van der Waals surface area contributed by atoms with Gasteiger partial charge in [-0.25, -0.2) is 4.39 Å². The first-order valence-corrected chi connectivity index (χ1v) is 7.88. The molecule has 0 fully saturated rings. The standard InChI is InChI=1S/C15H12Br2FNO/c16-8-10-1-3-11(4-2-10)9-19-15(20)13-7-12(17)5-6-14(13)18/h1-7H,8-9H2,(H,19,20). The molecule has 2 nitrogen and oxygen atoms in total. The van der Waals surface area contributed by atoms with E-state index in [1.54, 1.807) is 6.07 Å². The molecule has 0 heterocycles. The Bertz CT molecular complexity index is 614. The lowest BCUT2D eigenvalue weighted by atomic mass is 10.1. The third kappa shape index (κ3) is 3.90. The van der Waals surface area contributed by atoms with Crippen molar-refractivity contribution in [2.75, 3.05) is 0 Å². The molecule has 20 heavy (non-hydrogen) atoms. The highest BCUT2D eigenvalue weighted by Crippen LogP contribution is 2.15. The summed E-state index contributed by atoms with van der Waals surface area (Å²) >= 11 is 6.60. The van der Waals surface area contributed by atoms with Crippen LogP contribution in [0.1, 0.15) is 21.5 Å². The molecule has 0 spiro atoms. The zero-order valence-corrected chi connectivity index (χ0v) is 13.7. The molecule has 1 amide bonds. The highest BCUT2D eigenvalue weighted by atomic mass is 79.9. The van der Waals surface area contributed by atoms with Gasteiger partial charge in [0.2, 0.25) is 0 Å². The van der Waals surface area contributed by atoms with Gasteiger partial charge in [0.05, 0.1) is 5.56 Å². The van der Waals surface area contributed by atoms with Crippen LogP contribution in [-0.4, -0.2) is 5.91 Å². The molecule has 0 atom stereocenters. The van der Waals surface area contributed by atoms with Crippen molar-refractivity contribution in [1.82, 2.24) is 5.32 Å². The number of hydrogen-bond donors (Lipinski definition) is 1. The van der Waals surface area contributed by atoms with Gasteiger partial charge in [0, 0.05) is 16.3 Å². The summed E-state index contributed by atoms with van der Waals surface area (Å²) in [5.74, 6) is -0.950. The lowest BCUT2D eigenvalue weighted by Gasteiger charge is -2.07. The van der Waals surface area contributed by atoms with E-state index in [0.29, 0.717) is 11.0 Å². The third-order valence-corrected chi connectivity index (χ3v) is 3.94. The minimum atomic E-state index is -0.527. The molecular formula is C15H12Br2FNO. The van der Waals surface area contributed by atoms with Crippen molar-refractivity contribution in [1.29, 1.82) is 0 Å². The van der Waals surface area contributed by atoms with Crippen LogP contribution in [0.4, 0.5) is 4.39 Å². The maximum Gasteiger partial charge on any atom is 0.254 e. The van der Waals surface area contributed by atoms with Crippen LogP contribution in [0.3, 0.4) is 0 Å². The SMILES string of the molecule is O=C(NCc1ccc(CBr)cc1)c1cc(Br)ccc1F. The van der Waals surface area contributed by atoms with Gasteiger partial charge in [0.25, 0.3) is 5.91 Å². The van der Waals surface area contributed by atoms with Crippen molar-refractivity contribution in [3.8, 4) is 0 Å². The maximum atomic E-state index is 13.6. The number of hydrogen-bond acceptors (Lipinski definition) is 1. The number of carbonyl (C=O) groups is 1. The van der Waals surface area contributed by atoms with Gasteiger partial charge in [-0.2, -0.15) is 0 Å². The van der Waals surface area contributed by atoms with E-state index in [0.717, 1.165) is 16.5 Å². The smallest absolute Gasteiger partial charge is 0.254 e. The third-order valence-electron chi connectivity index (χ3n) is 2.80.